The fourth-order valence-corrected chi connectivity index (χ4v) is 3.13. The van der Waals surface area contributed by atoms with E-state index >= 15 is 0 Å². The van der Waals surface area contributed by atoms with E-state index in [0.717, 1.165) is 30.2 Å². The molecule has 0 radical (unpaired) electrons. The normalized spacial score (nSPS) is 24.6. The van der Waals surface area contributed by atoms with Crippen molar-refractivity contribution in [1.29, 1.82) is 0 Å². The lowest BCUT2D eigenvalue weighted by Gasteiger charge is -2.34. The van der Waals surface area contributed by atoms with Crippen LogP contribution >= 0.6 is 0 Å². The summed E-state index contributed by atoms with van der Waals surface area (Å²) >= 11 is 0. The van der Waals surface area contributed by atoms with Crippen LogP contribution in [0.5, 0.6) is 11.5 Å². The minimum Gasteiger partial charge on any atom is -0.454 e. The second-order valence-corrected chi connectivity index (χ2v) is 6.14. The van der Waals surface area contributed by atoms with E-state index in [1.54, 1.807) is 6.08 Å². The van der Waals surface area contributed by atoms with Crippen LogP contribution in [0.15, 0.2) is 24.3 Å². The van der Waals surface area contributed by atoms with Gasteiger partial charge in [0.05, 0.1) is 0 Å². The number of piperidine rings is 1. The van der Waals surface area contributed by atoms with Crippen molar-refractivity contribution in [3.8, 4) is 11.5 Å². The molecular weight excluding hydrogens is 266 g/mol. The second kappa shape index (κ2) is 5.80. The highest BCUT2D eigenvalue weighted by molar-refractivity contribution is 5.92. The molecule has 2 heterocycles. The Kier molecular flexibility index (Phi) is 3.86. The first-order chi connectivity index (χ1) is 10.1. The second-order valence-electron chi connectivity index (χ2n) is 6.14. The lowest BCUT2D eigenvalue weighted by Crippen LogP contribution is -2.41. The molecule has 1 aromatic carbocycles. The summed E-state index contributed by atoms with van der Waals surface area (Å²) < 4.78 is 10.6. The zero-order valence-corrected chi connectivity index (χ0v) is 12.5. The van der Waals surface area contributed by atoms with E-state index in [9.17, 15) is 4.79 Å². The molecule has 21 heavy (non-hydrogen) atoms. The molecule has 0 N–H and O–H groups in total. The summed E-state index contributed by atoms with van der Waals surface area (Å²) in [5.74, 6) is 2.75. The van der Waals surface area contributed by atoms with Crippen LogP contribution in [0.2, 0.25) is 0 Å². The van der Waals surface area contributed by atoms with Gasteiger partial charge in [-0.3, -0.25) is 4.79 Å². The molecular formula is C17H21NO3. The van der Waals surface area contributed by atoms with Crippen molar-refractivity contribution in [3.63, 3.8) is 0 Å². The highest BCUT2D eigenvalue weighted by Gasteiger charge is 2.24. The van der Waals surface area contributed by atoms with E-state index in [-0.39, 0.29) is 12.7 Å². The Hall–Kier alpha value is -1.97. The Bertz CT molecular complexity index is 557. The quantitative estimate of drug-likeness (QED) is 0.785. The summed E-state index contributed by atoms with van der Waals surface area (Å²) in [6.07, 6.45) is 4.70. The first-order valence-electron chi connectivity index (χ1n) is 7.48. The summed E-state index contributed by atoms with van der Waals surface area (Å²) in [6, 6.07) is 5.70. The fourth-order valence-electron chi connectivity index (χ4n) is 3.13. The Labute approximate surface area is 125 Å². The van der Waals surface area contributed by atoms with Gasteiger partial charge in [0.1, 0.15) is 0 Å². The zero-order valence-electron chi connectivity index (χ0n) is 12.5. The summed E-state index contributed by atoms with van der Waals surface area (Å²) in [5, 5.41) is 0. The number of benzene rings is 1. The number of nitrogens with zero attached hydrogens (tertiary/aromatic N) is 1. The number of fused-ring (bicyclic) bond motifs is 1. The largest absolute Gasteiger partial charge is 0.454 e. The van der Waals surface area contributed by atoms with E-state index < -0.39 is 0 Å². The Morgan fingerprint density at radius 2 is 1.90 bits per heavy atom. The molecule has 4 nitrogen and oxygen atoms in total. The van der Waals surface area contributed by atoms with Crippen molar-refractivity contribution in [2.75, 3.05) is 19.9 Å². The number of likely N-dealkylation sites (tertiary alicyclic amines) is 1. The molecule has 0 aromatic heterocycles. The molecule has 4 heteroatoms. The molecule has 2 aliphatic rings. The van der Waals surface area contributed by atoms with Gasteiger partial charge in [-0.15, -0.1) is 0 Å². The first kappa shape index (κ1) is 14.0. The third-order valence-corrected chi connectivity index (χ3v) is 4.00. The molecule has 0 aliphatic carbocycles. The maximum Gasteiger partial charge on any atom is 0.246 e. The molecule has 112 valence electrons. The van der Waals surface area contributed by atoms with Gasteiger partial charge in [0, 0.05) is 19.2 Å². The predicted octanol–water partition coefficient (Wildman–Crippen LogP) is 2.93. The smallest absolute Gasteiger partial charge is 0.246 e. The van der Waals surface area contributed by atoms with E-state index in [2.05, 4.69) is 13.8 Å². The van der Waals surface area contributed by atoms with Crippen LogP contribution in [0.3, 0.4) is 0 Å². The van der Waals surface area contributed by atoms with Crippen molar-refractivity contribution >= 4 is 12.0 Å². The van der Waals surface area contributed by atoms with Gasteiger partial charge >= 0.3 is 0 Å². The van der Waals surface area contributed by atoms with E-state index in [1.807, 2.05) is 29.2 Å². The SMILES string of the molecule is C[C@@H]1C[C@H](C)CN(C(=O)/C=C/c2ccc3c(c2)OCO3)C1. The summed E-state index contributed by atoms with van der Waals surface area (Å²) in [6.45, 7) is 6.39. The molecule has 1 amide bonds. The van der Waals surface area contributed by atoms with Crippen molar-refractivity contribution in [3.05, 3.63) is 29.8 Å². The molecule has 0 saturated carbocycles. The van der Waals surface area contributed by atoms with Crippen molar-refractivity contribution in [2.45, 2.75) is 20.3 Å². The minimum atomic E-state index is 0.0890. The number of carbonyl (C=O) groups is 1. The third kappa shape index (κ3) is 3.20. The number of ether oxygens (including phenoxy) is 2. The molecule has 0 bridgehead atoms. The molecule has 1 saturated heterocycles. The molecule has 2 aliphatic heterocycles. The zero-order chi connectivity index (χ0) is 14.8. The van der Waals surface area contributed by atoms with Crippen LogP contribution in [0.25, 0.3) is 6.08 Å². The van der Waals surface area contributed by atoms with Crippen LogP contribution in [-0.2, 0) is 4.79 Å². The summed E-state index contributed by atoms with van der Waals surface area (Å²) in [5.41, 5.74) is 0.950. The van der Waals surface area contributed by atoms with Gasteiger partial charge in [-0.2, -0.15) is 0 Å². The average molecular weight is 287 g/mol. The number of carbonyl (C=O) groups excluding carboxylic acids is 1. The highest BCUT2D eigenvalue weighted by Crippen LogP contribution is 2.32. The molecule has 3 rings (SSSR count). The highest BCUT2D eigenvalue weighted by atomic mass is 16.7. The van der Waals surface area contributed by atoms with Gasteiger partial charge < -0.3 is 14.4 Å². The Balaban J connectivity index is 1.66. The monoisotopic (exact) mass is 287 g/mol. The maximum absolute atomic E-state index is 12.3. The number of amides is 1. The van der Waals surface area contributed by atoms with Gasteiger partial charge in [0.15, 0.2) is 11.5 Å². The van der Waals surface area contributed by atoms with Gasteiger partial charge in [-0.25, -0.2) is 0 Å². The van der Waals surface area contributed by atoms with E-state index in [4.69, 9.17) is 9.47 Å². The molecule has 1 fully saturated rings. The van der Waals surface area contributed by atoms with Gasteiger partial charge in [0.25, 0.3) is 0 Å². The number of rotatable bonds is 2. The van der Waals surface area contributed by atoms with Gasteiger partial charge in [-0.05, 0) is 42.0 Å². The molecule has 0 unspecified atom stereocenters. The Morgan fingerprint density at radius 1 is 1.19 bits per heavy atom. The third-order valence-electron chi connectivity index (χ3n) is 4.00. The van der Waals surface area contributed by atoms with E-state index in [0.29, 0.717) is 11.8 Å². The van der Waals surface area contributed by atoms with Crippen molar-refractivity contribution in [1.82, 2.24) is 4.90 Å². The van der Waals surface area contributed by atoms with Crippen LogP contribution in [-0.4, -0.2) is 30.7 Å². The summed E-state index contributed by atoms with van der Waals surface area (Å²) in [7, 11) is 0. The lowest BCUT2D eigenvalue weighted by atomic mass is 9.92. The molecule has 2 atom stereocenters. The minimum absolute atomic E-state index is 0.0890. The van der Waals surface area contributed by atoms with Gasteiger partial charge in [-0.1, -0.05) is 19.9 Å². The van der Waals surface area contributed by atoms with Gasteiger partial charge in [0.2, 0.25) is 12.7 Å². The topological polar surface area (TPSA) is 38.8 Å². The average Bonchev–Trinajstić information content (AvgIpc) is 2.91. The lowest BCUT2D eigenvalue weighted by molar-refractivity contribution is -0.128. The maximum atomic E-state index is 12.3. The van der Waals surface area contributed by atoms with Crippen LogP contribution in [0.4, 0.5) is 0 Å². The number of hydrogen-bond donors (Lipinski definition) is 0. The van der Waals surface area contributed by atoms with Crippen LogP contribution in [0.1, 0.15) is 25.8 Å². The van der Waals surface area contributed by atoms with Crippen molar-refractivity contribution in [2.24, 2.45) is 11.8 Å². The molecule has 1 aromatic rings. The van der Waals surface area contributed by atoms with Crippen LogP contribution in [0, 0.1) is 11.8 Å². The molecule has 0 spiro atoms. The standard InChI is InChI=1S/C17H21NO3/c1-12-7-13(2)10-18(9-12)17(19)6-4-14-3-5-15-16(8-14)21-11-20-15/h3-6,8,12-13H,7,9-11H2,1-2H3/b6-4+/t12-,13+. The first-order valence-corrected chi connectivity index (χ1v) is 7.48. The van der Waals surface area contributed by atoms with Crippen molar-refractivity contribution < 1.29 is 14.3 Å². The Morgan fingerprint density at radius 3 is 2.67 bits per heavy atom. The number of hydrogen-bond acceptors (Lipinski definition) is 3. The van der Waals surface area contributed by atoms with E-state index in [1.165, 1.54) is 6.42 Å². The fraction of sp³-hybridized carbons (Fsp3) is 0.471. The summed E-state index contributed by atoms with van der Waals surface area (Å²) in [4.78, 5) is 14.2. The predicted molar refractivity (Wildman–Crippen MR) is 81.1 cm³/mol. The van der Waals surface area contributed by atoms with Crippen LogP contribution < -0.4 is 9.47 Å².